The van der Waals surface area contributed by atoms with Crippen molar-refractivity contribution in [1.82, 2.24) is 0 Å². The normalized spacial score (nSPS) is 11.4. The van der Waals surface area contributed by atoms with Gasteiger partial charge in [0.05, 0.1) is 17.7 Å². The Hall–Kier alpha value is -1.34. The van der Waals surface area contributed by atoms with E-state index >= 15 is 0 Å². The van der Waals surface area contributed by atoms with E-state index in [9.17, 15) is 13.2 Å². The summed E-state index contributed by atoms with van der Waals surface area (Å²) in [6.45, 7) is 2.93. The van der Waals surface area contributed by atoms with Crippen LogP contribution >= 0.6 is 12.2 Å². The summed E-state index contributed by atoms with van der Waals surface area (Å²) in [5.74, 6) is 0.222. The van der Waals surface area contributed by atoms with Crippen LogP contribution in [-0.2, 0) is 10.9 Å². The van der Waals surface area contributed by atoms with E-state index in [2.05, 4.69) is 0 Å². The fourth-order valence-corrected chi connectivity index (χ4v) is 1.54. The van der Waals surface area contributed by atoms with E-state index in [1.807, 2.05) is 6.92 Å². The maximum Gasteiger partial charge on any atom is 0.416 e. The van der Waals surface area contributed by atoms with Gasteiger partial charge in [-0.05, 0) is 25.1 Å². The van der Waals surface area contributed by atoms with Gasteiger partial charge in [-0.3, -0.25) is 0 Å². The molecule has 0 radical (unpaired) electrons. The largest absolute Gasteiger partial charge is 0.490 e. The predicted octanol–water partition coefficient (Wildman–Crippen LogP) is 2.75. The molecule has 0 saturated carbocycles. The van der Waals surface area contributed by atoms with Crippen LogP contribution in [0.4, 0.5) is 13.2 Å². The molecule has 106 valence electrons. The van der Waals surface area contributed by atoms with Crippen molar-refractivity contribution in [3.8, 4) is 5.75 Å². The van der Waals surface area contributed by atoms with Gasteiger partial charge in [0.15, 0.2) is 0 Å². The molecule has 0 bridgehead atoms. The predicted molar refractivity (Wildman–Crippen MR) is 69.3 cm³/mol. The third-order valence-corrected chi connectivity index (χ3v) is 2.48. The van der Waals surface area contributed by atoms with Crippen LogP contribution in [0, 0.1) is 0 Å². The Kier molecular flexibility index (Phi) is 5.56. The second kappa shape index (κ2) is 6.72. The molecule has 0 atom stereocenters. The molecule has 0 unspecified atom stereocenters. The number of nitrogens with two attached hydrogens (primary N) is 1. The molecule has 7 heteroatoms. The second-order valence-electron chi connectivity index (χ2n) is 3.62. The summed E-state index contributed by atoms with van der Waals surface area (Å²) in [5.41, 5.74) is 4.67. The van der Waals surface area contributed by atoms with Crippen molar-refractivity contribution < 1.29 is 22.6 Å². The highest BCUT2D eigenvalue weighted by atomic mass is 32.1. The average Bonchev–Trinajstić information content (AvgIpc) is 2.33. The minimum Gasteiger partial charge on any atom is -0.490 e. The van der Waals surface area contributed by atoms with Gasteiger partial charge in [-0.15, -0.1) is 0 Å². The summed E-state index contributed by atoms with van der Waals surface area (Å²) in [5, 5.41) is 0. The number of thiocarbonyl (C=S) groups is 1. The third kappa shape index (κ3) is 4.68. The Bertz CT molecular complexity index is 449. The van der Waals surface area contributed by atoms with Crippen molar-refractivity contribution in [1.29, 1.82) is 0 Å². The van der Waals surface area contributed by atoms with Crippen LogP contribution in [0.25, 0.3) is 0 Å². The molecule has 0 amide bonds. The molecule has 0 heterocycles. The molecule has 0 aromatic heterocycles. The minimum absolute atomic E-state index is 0.0707. The highest BCUT2D eigenvalue weighted by Crippen LogP contribution is 2.32. The second-order valence-corrected chi connectivity index (χ2v) is 4.06. The van der Waals surface area contributed by atoms with Crippen LogP contribution < -0.4 is 10.5 Å². The van der Waals surface area contributed by atoms with Crippen LogP contribution in [0.1, 0.15) is 18.1 Å². The number of hydrogen-bond acceptors (Lipinski definition) is 3. The smallest absolute Gasteiger partial charge is 0.416 e. The number of alkyl halides is 3. The Balaban J connectivity index is 2.90. The zero-order valence-electron chi connectivity index (χ0n) is 10.3. The first kappa shape index (κ1) is 15.7. The zero-order valence-corrected chi connectivity index (χ0v) is 11.1. The van der Waals surface area contributed by atoms with Crippen LogP contribution in [0.5, 0.6) is 5.75 Å². The highest BCUT2D eigenvalue weighted by Gasteiger charge is 2.31. The van der Waals surface area contributed by atoms with E-state index in [-0.39, 0.29) is 22.9 Å². The average molecular weight is 293 g/mol. The summed E-state index contributed by atoms with van der Waals surface area (Å²) < 4.78 is 48.1. The van der Waals surface area contributed by atoms with E-state index in [0.29, 0.717) is 13.2 Å². The van der Waals surface area contributed by atoms with Crippen molar-refractivity contribution in [2.75, 3.05) is 19.8 Å². The SMILES string of the molecule is CCOCCOc1ccc(C(F)(F)F)cc1C(N)=S. The summed E-state index contributed by atoms with van der Waals surface area (Å²) in [7, 11) is 0. The van der Waals surface area contributed by atoms with Gasteiger partial charge in [-0.1, -0.05) is 12.2 Å². The zero-order chi connectivity index (χ0) is 14.5. The molecule has 0 aliphatic carbocycles. The molecule has 0 aliphatic heterocycles. The van der Waals surface area contributed by atoms with Crippen LogP contribution in [-0.4, -0.2) is 24.8 Å². The molecular weight excluding hydrogens is 279 g/mol. The van der Waals surface area contributed by atoms with E-state index < -0.39 is 11.7 Å². The quantitative estimate of drug-likeness (QED) is 0.647. The van der Waals surface area contributed by atoms with E-state index in [4.69, 9.17) is 27.4 Å². The van der Waals surface area contributed by atoms with Gasteiger partial charge in [0.1, 0.15) is 17.3 Å². The number of halogens is 3. The van der Waals surface area contributed by atoms with Crippen molar-refractivity contribution >= 4 is 17.2 Å². The molecule has 1 rings (SSSR count). The van der Waals surface area contributed by atoms with Crippen molar-refractivity contribution in [3.63, 3.8) is 0 Å². The summed E-state index contributed by atoms with van der Waals surface area (Å²) >= 11 is 4.73. The number of hydrogen-bond donors (Lipinski definition) is 1. The Labute approximate surface area is 114 Å². The number of ether oxygens (including phenoxy) is 2. The Morgan fingerprint density at radius 2 is 2.00 bits per heavy atom. The highest BCUT2D eigenvalue weighted by molar-refractivity contribution is 7.80. The summed E-state index contributed by atoms with van der Waals surface area (Å²) in [4.78, 5) is -0.141. The lowest BCUT2D eigenvalue weighted by atomic mass is 10.1. The fourth-order valence-electron chi connectivity index (χ4n) is 1.38. The summed E-state index contributed by atoms with van der Waals surface area (Å²) in [6.07, 6.45) is -4.44. The minimum atomic E-state index is -4.44. The molecule has 0 spiro atoms. The maximum atomic E-state index is 12.6. The third-order valence-electron chi connectivity index (χ3n) is 2.26. The van der Waals surface area contributed by atoms with Gasteiger partial charge in [0, 0.05) is 6.61 Å². The molecule has 0 aliphatic rings. The van der Waals surface area contributed by atoms with E-state index in [1.54, 1.807) is 0 Å². The Morgan fingerprint density at radius 3 is 2.53 bits per heavy atom. The van der Waals surface area contributed by atoms with Gasteiger partial charge in [-0.25, -0.2) is 0 Å². The topological polar surface area (TPSA) is 44.5 Å². The Morgan fingerprint density at radius 1 is 1.32 bits per heavy atom. The first-order valence-electron chi connectivity index (χ1n) is 5.58. The van der Waals surface area contributed by atoms with Gasteiger partial charge < -0.3 is 15.2 Å². The standard InChI is InChI=1S/C12H14F3NO2S/c1-2-17-5-6-18-10-4-3-8(12(13,14)15)7-9(10)11(16)19/h3-4,7H,2,5-6H2,1H3,(H2,16,19). The number of rotatable bonds is 6. The van der Waals surface area contributed by atoms with Gasteiger partial charge in [0.25, 0.3) is 0 Å². The molecule has 0 fully saturated rings. The van der Waals surface area contributed by atoms with Gasteiger partial charge in [-0.2, -0.15) is 13.2 Å². The van der Waals surface area contributed by atoms with Gasteiger partial charge >= 0.3 is 6.18 Å². The van der Waals surface area contributed by atoms with Gasteiger partial charge in [0.2, 0.25) is 0 Å². The van der Waals surface area contributed by atoms with Crippen molar-refractivity contribution in [3.05, 3.63) is 29.3 Å². The lowest BCUT2D eigenvalue weighted by Gasteiger charge is -2.13. The van der Waals surface area contributed by atoms with Crippen molar-refractivity contribution in [2.24, 2.45) is 5.73 Å². The van der Waals surface area contributed by atoms with Crippen molar-refractivity contribution in [2.45, 2.75) is 13.1 Å². The lowest BCUT2D eigenvalue weighted by Crippen LogP contribution is -2.16. The lowest BCUT2D eigenvalue weighted by molar-refractivity contribution is -0.137. The summed E-state index contributed by atoms with van der Waals surface area (Å²) in [6, 6.07) is 3.03. The maximum absolute atomic E-state index is 12.6. The molecule has 3 nitrogen and oxygen atoms in total. The molecular formula is C12H14F3NO2S. The van der Waals surface area contributed by atoms with Crippen LogP contribution in [0.15, 0.2) is 18.2 Å². The molecule has 19 heavy (non-hydrogen) atoms. The van der Waals surface area contributed by atoms with Crippen LogP contribution in [0.3, 0.4) is 0 Å². The van der Waals surface area contributed by atoms with E-state index in [1.165, 1.54) is 6.07 Å². The first-order chi connectivity index (χ1) is 8.86. The molecule has 0 saturated heterocycles. The van der Waals surface area contributed by atoms with E-state index in [0.717, 1.165) is 12.1 Å². The monoisotopic (exact) mass is 293 g/mol. The molecule has 2 N–H and O–H groups in total. The first-order valence-corrected chi connectivity index (χ1v) is 5.98. The van der Waals surface area contributed by atoms with Crippen LogP contribution in [0.2, 0.25) is 0 Å². The number of benzene rings is 1. The fraction of sp³-hybridized carbons (Fsp3) is 0.417. The molecule has 1 aromatic rings. The molecule has 1 aromatic carbocycles.